The molecule has 0 aliphatic carbocycles. The zero-order valence-electron chi connectivity index (χ0n) is 24.7. The summed E-state index contributed by atoms with van der Waals surface area (Å²) in [6.45, 7) is 17.6. The van der Waals surface area contributed by atoms with Gasteiger partial charge in [0, 0.05) is 47.8 Å². The van der Waals surface area contributed by atoms with Gasteiger partial charge in [0.05, 0.1) is 0 Å². The minimum Gasteiger partial charge on any atom is -0.462 e. The fourth-order valence-corrected chi connectivity index (χ4v) is 6.38. The zero-order chi connectivity index (χ0) is 27.0. The number of unbranched alkanes of at least 4 members (excludes halogenated alkanes) is 5. The summed E-state index contributed by atoms with van der Waals surface area (Å²) >= 11 is 0. The predicted molar refractivity (Wildman–Crippen MR) is 147 cm³/mol. The van der Waals surface area contributed by atoms with E-state index < -0.39 is 0 Å². The van der Waals surface area contributed by atoms with Crippen molar-refractivity contribution in [2.75, 3.05) is 0 Å². The largest absolute Gasteiger partial charge is 0.462 e. The molecular weight excluding hydrogens is 452 g/mol. The second kappa shape index (κ2) is 13.1. The van der Waals surface area contributed by atoms with Gasteiger partial charge in [-0.3, -0.25) is 9.59 Å². The van der Waals surface area contributed by atoms with Crippen molar-refractivity contribution in [3.05, 3.63) is 0 Å². The van der Waals surface area contributed by atoms with Crippen LogP contribution in [0.4, 0.5) is 0 Å². The fourth-order valence-electron chi connectivity index (χ4n) is 6.38. The Labute approximate surface area is 221 Å². The molecular formula is C30H56N2O4. The van der Waals surface area contributed by atoms with Crippen LogP contribution in [0.2, 0.25) is 0 Å². The zero-order valence-corrected chi connectivity index (χ0v) is 24.7. The quantitative estimate of drug-likeness (QED) is 0.242. The first-order valence-corrected chi connectivity index (χ1v) is 14.5. The molecule has 2 heterocycles. The normalized spacial score (nSPS) is 26.9. The Kier molecular flexibility index (Phi) is 11.3. The molecule has 2 fully saturated rings. The molecule has 2 aliphatic rings. The van der Waals surface area contributed by atoms with E-state index in [1.807, 2.05) is 0 Å². The van der Waals surface area contributed by atoms with Crippen LogP contribution in [0, 0.1) is 0 Å². The Bertz CT molecular complexity index is 654. The third-order valence-corrected chi connectivity index (χ3v) is 7.62. The predicted octanol–water partition coefficient (Wildman–Crippen LogP) is 6.59. The van der Waals surface area contributed by atoms with E-state index in [1.165, 1.54) is 0 Å². The van der Waals surface area contributed by atoms with Crippen LogP contribution < -0.4 is 10.6 Å². The van der Waals surface area contributed by atoms with Crippen molar-refractivity contribution in [1.29, 1.82) is 0 Å². The summed E-state index contributed by atoms with van der Waals surface area (Å²) in [7, 11) is 0. The second-order valence-corrected chi connectivity index (χ2v) is 14.1. The maximum Gasteiger partial charge on any atom is 0.306 e. The first-order chi connectivity index (χ1) is 16.6. The SMILES string of the molecule is CC1(C)CCC(OC(=O)CCCCCCCCC(=O)OC2CCC(C)(C)NC(C)(C)C2)CC(C)(C)N1. The molecule has 0 bridgehead atoms. The van der Waals surface area contributed by atoms with Crippen molar-refractivity contribution in [2.24, 2.45) is 0 Å². The Morgan fingerprint density at radius 3 is 1.28 bits per heavy atom. The lowest BCUT2D eigenvalue weighted by Gasteiger charge is -2.34. The molecule has 0 spiro atoms. The van der Waals surface area contributed by atoms with Crippen molar-refractivity contribution in [2.45, 2.75) is 180 Å². The molecule has 0 radical (unpaired) electrons. The van der Waals surface area contributed by atoms with Crippen LogP contribution in [-0.2, 0) is 19.1 Å². The lowest BCUT2D eigenvalue weighted by atomic mass is 9.96. The number of hydrogen-bond acceptors (Lipinski definition) is 6. The van der Waals surface area contributed by atoms with Gasteiger partial charge < -0.3 is 20.1 Å². The lowest BCUT2D eigenvalue weighted by Crippen LogP contribution is -2.51. The van der Waals surface area contributed by atoms with Gasteiger partial charge in [0.1, 0.15) is 12.2 Å². The summed E-state index contributed by atoms with van der Waals surface area (Å²) in [6, 6.07) is 0. The molecule has 2 N–H and O–H groups in total. The van der Waals surface area contributed by atoms with E-state index in [4.69, 9.17) is 9.47 Å². The molecule has 2 saturated heterocycles. The van der Waals surface area contributed by atoms with Gasteiger partial charge in [-0.1, -0.05) is 25.7 Å². The highest BCUT2D eigenvalue weighted by atomic mass is 16.5. The van der Waals surface area contributed by atoms with Gasteiger partial charge in [0.15, 0.2) is 0 Å². The Morgan fingerprint density at radius 2 is 0.917 bits per heavy atom. The number of esters is 2. The van der Waals surface area contributed by atoms with Crippen LogP contribution in [0.15, 0.2) is 0 Å². The van der Waals surface area contributed by atoms with E-state index in [-0.39, 0.29) is 46.3 Å². The highest BCUT2D eigenvalue weighted by Gasteiger charge is 2.36. The smallest absolute Gasteiger partial charge is 0.306 e. The molecule has 0 saturated carbocycles. The number of hydrogen-bond donors (Lipinski definition) is 2. The van der Waals surface area contributed by atoms with Gasteiger partial charge in [0.2, 0.25) is 0 Å². The van der Waals surface area contributed by atoms with Crippen molar-refractivity contribution < 1.29 is 19.1 Å². The molecule has 36 heavy (non-hydrogen) atoms. The van der Waals surface area contributed by atoms with Crippen LogP contribution in [0.1, 0.15) is 145 Å². The first kappa shape index (κ1) is 31.1. The Morgan fingerprint density at radius 1 is 0.583 bits per heavy atom. The molecule has 0 amide bonds. The second-order valence-electron chi connectivity index (χ2n) is 14.1. The van der Waals surface area contributed by atoms with Crippen LogP contribution in [0.3, 0.4) is 0 Å². The first-order valence-electron chi connectivity index (χ1n) is 14.5. The standard InChI is InChI=1S/C30H56N2O4/c1-27(2)19-17-23(21-29(5,6)31-27)35-25(33)15-13-11-9-10-12-14-16-26(34)36-24-18-20-28(3,4)32-30(7,8)22-24/h23-24,31-32H,9-22H2,1-8H3. The summed E-state index contributed by atoms with van der Waals surface area (Å²) in [5.41, 5.74) is 0.0834. The van der Waals surface area contributed by atoms with Gasteiger partial charge in [-0.25, -0.2) is 0 Å². The molecule has 0 aromatic rings. The van der Waals surface area contributed by atoms with E-state index in [1.54, 1.807) is 0 Å². The molecule has 2 rings (SSSR count). The van der Waals surface area contributed by atoms with Gasteiger partial charge in [-0.2, -0.15) is 0 Å². The topological polar surface area (TPSA) is 76.7 Å². The molecule has 0 aromatic heterocycles. The maximum absolute atomic E-state index is 12.4. The Balaban J connectivity index is 1.53. The maximum atomic E-state index is 12.4. The number of carbonyl (C=O) groups is 2. The third kappa shape index (κ3) is 12.4. The average Bonchev–Trinajstić information content (AvgIpc) is 2.87. The molecule has 2 aliphatic heterocycles. The summed E-state index contributed by atoms with van der Waals surface area (Å²) in [5, 5.41) is 7.37. The molecule has 0 aromatic carbocycles. The van der Waals surface area contributed by atoms with Gasteiger partial charge >= 0.3 is 11.9 Å². The number of carbonyl (C=O) groups excluding carboxylic acids is 2. The van der Waals surface area contributed by atoms with E-state index in [9.17, 15) is 9.59 Å². The van der Waals surface area contributed by atoms with Gasteiger partial charge in [-0.05, 0) is 93.9 Å². The molecule has 6 heteroatoms. The molecule has 2 unspecified atom stereocenters. The summed E-state index contributed by atoms with van der Waals surface area (Å²) < 4.78 is 11.7. The summed E-state index contributed by atoms with van der Waals surface area (Å²) in [5.74, 6) is -0.114. The van der Waals surface area contributed by atoms with Crippen LogP contribution in [-0.4, -0.2) is 46.3 Å². The van der Waals surface area contributed by atoms with Crippen LogP contribution >= 0.6 is 0 Å². The lowest BCUT2D eigenvalue weighted by molar-refractivity contribution is -0.151. The fraction of sp³-hybridized carbons (Fsp3) is 0.933. The van der Waals surface area contributed by atoms with Crippen LogP contribution in [0.25, 0.3) is 0 Å². The van der Waals surface area contributed by atoms with Crippen molar-refractivity contribution in [1.82, 2.24) is 10.6 Å². The minimum atomic E-state index is -0.0569. The van der Waals surface area contributed by atoms with E-state index >= 15 is 0 Å². The monoisotopic (exact) mass is 508 g/mol. The third-order valence-electron chi connectivity index (χ3n) is 7.62. The van der Waals surface area contributed by atoms with Crippen molar-refractivity contribution >= 4 is 11.9 Å². The number of nitrogens with one attached hydrogen (secondary N) is 2. The van der Waals surface area contributed by atoms with E-state index in [0.29, 0.717) is 12.8 Å². The van der Waals surface area contributed by atoms with E-state index in [2.05, 4.69) is 66.0 Å². The summed E-state index contributed by atoms with van der Waals surface area (Å²) in [6.07, 6.45) is 12.6. The van der Waals surface area contributed by atoms with Crippen molar-refractivity contribution in [3.8, 4) is 0 Å². The van der Waals surface area contributed by atoms with Crippen molar-refractivity contribution in [3.63, 3.8) is 0 Å². The van der Waals surface area contributed by atoms with Gasteiger partial charge in [-0.15, -0.1) is 0 Å². The minimum absolute atomic E-state index is 0.00772. The van der Waals surface area contributed by atoms with Gasteiger partial charge in [0.25, 0.3) is 0 Å². The average molecular weight is 509 g/mol. The number of ether oxygens (including phenoxy) is 2. The molecule has 210 valence electrons. The Hall–Kier alpha value is -1.14. The van der Waals surface area contributed by atoms with E-state index in [0.717, 1.165) is 77.0 Å². The number of rotatable bonds is 11. The molecule has 2 atom stereocenters. The van der Waals surface area contributed by atoms with Crippen LogP contribution in [0.5, 0.6) is 0 Å². The highest BCUT2D eigenvalue weighted by Crippen LogP contribution is 2.30. The summed E-state index contributed by atoms with van der Waals surface area (Å²) in [4.78, 5) is 24.7. The highest BCUT2D eigenvalue weighted by molar-refractivity contribution is 5.69. The molecule has 6 nitrogen and oxygen atoms in total.